The third-order valence-corrected chi connectivity index (χ3v) is 5.44. The summed E-state index contributed by atoms with van der Waals surface area (Å²) in [6, 6.07) is 22.3. The van der Waals surface area contributed by atoms with E-state index in [0.717, 1.165) is 52.5 Å². The van der Waals surface area contributed by atoms with Crippen molar-refractivity contribution in [2.75, 3.05) is 20.8 Å². The molecule has 4 rings (SSSR count). The third kappa shape index (κ3) is 4.78. The van der Waals surface area contributed by atoms with E-state index in [2.05, 4.69) is 29.3 Å². The van der Waals surface area contributed by atoms with Crippen LogP contribution in [0.3, 0.4) is 0 Å². The van der Waals surface area contributed by atoms with E-state index in [1.54, 1.807) is 14.2 Å². The Labute approximate surface area is 188 Å². The van der Waals surface area contributed by atoms with E-state index in [0.29, 0.717) is 13.2 Å². The first-order valence-electron chi connectivity index (χ1n) is 10.7. The van der Waals surface area contributed by atoms with Crippen LogP contribution >= 0.6 is 0 Å². The van der Waals surface area contributed by atoms with Gasteiger partial charge in [-0.05, 0) is 53.9 Å². The van der Waals surface area contributed by atoms with Crippen LogP contribution in [0.25, 0.3) is 11.0 Å². The molecule has 0 aliphatic rings. The molecule has 164 valence electrons. The van der Waals surface area contributed by atoms with Gasteiger partial charge in [0.2, 0.25) is 0 Å². The Bertz CT molecular complexity index is 1200. The molecular weight excluding hydrogens is 400 g/mol. The number of para-hydroxylation sites is 2. The molecule has 0 N–H and O–H groups in total. The fourth-order valence-electron chi connectivity index (χ4n) is 3.81. The standard InChI is InChI=1S/C27H28N2O3/c1-4-7-20-12-15-25(26(18-20)31-3)32-17-16-29-24-9-6-5-8-23(24)28-27(29)19-21-10-13-22(30-2)14-11-21/h4-6,8-15,18H,1,7,16-17,19H2,2-3H3. The van der Waals surface area contributed by atoms with Gasteiger partial charge in [0.05, 0.1) is 31.8 Å². The maximum atomic E-state index is 6.10. The largest absolute Gasteiger partial charge is 0.497 e. The Morgan fingerprint density at radius 1 is 0.906 bits per heavy atom. The minimum Gasteiger partial charge on any atom is -0.497 e. The molecule has 3 aromatic carbocycles. The first kappa shape index (κ1) is 21.5. The molecule has 0 aliphatic carbocycles. The molecular formula is C27H28N2O3. The number of hydrogen-bond donors (Lipinski definition) is 0. The second-order valence-electron chi connectivity index (χ2n) is 7.52. The number of imidazole rings is 1. The Morgan fingerprint density at radius 3 is 2.44 bits per heavy atom. The first-order chi connectivity index (χ1) is 15.7. The monoisotopic (exact) mass is 428 g/mol. The number of allylic oxidation sites excluding steroid dienone is 1. The summed E-state index contributed by atoms with van der Waals surface area (Å²) in [6.45, 7) is 4.99. The van der Waals surface area contributed by atoms with Crippen LogP contribution in [-0.2, 0) is 19.4 Å². The van der Waals surface area contributed by atoms with E-state index >= 15 is 0 Å². The number of aromatic nitrogens is 2. The average Bonchev–Trinajstić information content (AvgIpc) is 3.17. The summed E-state index contributed by atoms with van der Waals surface area (Å²) >= 11 is 0. The van der Waals surface area contributed by atoms with Gasteiger partial charge in [-0.1, -0.05) is 36.4 Å². The molecule has 0 fully saturated rings. The molecule has 32 heavy (non-hydrogen) atoms. The molecule has 1 heterocycles. The zero-order valence-corrected chi connectivity index (χ0v) is 18.6. The van der Waals surface area contributed by atoms with Crippen molar-refractivity contribution in [1.29, 1.82) is 0 Å². The van der Waals surface area contributed by atoms with E-state index < -0.39 is 0 Å². The van der Waals surface area contributed by atoms with Crippen LogP contribution < -0.4 is 14.2 Å². The van der Waals surface area contributed by atoms with E-state index in [4.69, 9.17) is 19.2 Å². The van der Waals surface area contributed by atoms with Gasteiger partial charge >= 0.3 is 0 Å². The number of ether oxygens (including phenoxy) is 3. The van der Waals surface area contributed by atoms with Gasteiger partial charge in [-0.2, -0.15) is 0 Å². The highest BCUT2D eigenvalue weighted by molar-refractivity contribution is 5.76. The summed E-state index contributed by atoms with van der Waals surface area (Å²) in [5.41, 5.74) is 4.42. The van der Waals surface area contributed by atoms with Crippen molar-refractivity contribution in [3.8, 4) is 17.2 Å². The number of benzene rings is 3. The Morgan fingerprint density at radius 2 is 1.69 bits per heavy atom. The summed E-state index contributed by atoms with van der Waals surface area (Å²) in [6.07, 6.45) is 3.41. The molecule has 0 atom stereocenters. The van der Waals surface area contributed by atoms with Crippen molar-refractivity contribution in [1.82, 2.24) is 9.55 Å². The van der Waals surface area contributed by atoms with Gasteiger partial charge < -0.3 is 18.8 Å². The highest BCUT2D eigenvalue weighted by Gasteiger charge is 2.12. The lowest BCUT2D eigenvalue weighted by molar-refractivity contribution is 0.280. The van der Waals surface area contributed by atoms with Crippen LogP contribution in [0.4, 0.5) is 0 Å². The van der Waals surface area contributed by atoms with E-state index in [1.807, 2.05) is 54.6 Å². The number of nitrogens with zero attached hydrogens (tertiary/aromatic N) is 2. The highest BCUT2D eigenvalue weighted by atomic mass is 16.5. The maximum Gasteiger partial charge on any atom is 0.161 e. The van der Waals surface area contributed by atoms with Crippen LogP contribution in [0.5, 0.6) is 17.2 Å². The maximum absolute atomic E-state index is 6.10. The Kier molecular flexibility index (Phi) is 6.75. The van der Waals surface area contributed by atoms with Gasteiger partial charge in [0, 0.05) is 6.42 Å². The van der Waals surface area contributed by atoms with Crippen LogP contribution in [0.15, 0.2) is 79.4 Å². The summed E-state index contributed by atoms with van der Waals surface area (Å²) < 4.78 is 19.1. The highest BCUT2D eigenvalue weighted by Crippen LogP contribution is 2.28. The first-order valence-corrected chi connectivity index (χ1v) is 10.7. The van der Waals surface area contributed by atoms with E-state index in [-0.39, 0.29) is 0 Å². The molecule has 0 saturated heterocycles. The van der Waals surface area contributed by atoms with Crippen molar-refractivity contribution in [3.63, 3.8) is 0 Å². The smallest absolute Gasteiger partial charge is 0.161 e. The van der Waals surface area contributed by atoms with Gasteiger partial charge in [-0.15, -0.1) is 6.58 Å². The molecule has 5 heteroatoms. The number of rotatable bonds is 10. The van der Waals surface area contributed by atoms with Crippen LogP contribution in [0, 0.1) is 0 Å². The van der Waals surface area contributed by atoms with Gasteiger partial charge in [0.15, 0.2) is 11.5 Å². The summed E-state index contributed by atoms with van der Waals surface area (Å²) in [5, 5.41) is 0. The predicted octanol–water partition coefficient (Wildman–Crippen LogP) is 5.45. The van der Waals surface area contributed by atoms with Crippen molar-refractivity contribution in [2.24, 2.45) is 0 Å². The van der Waals surface area contributed by atoms with Crippen molar-refractivity contribution in [2.45, 2.75) is 19.4 Å². The Balaban J connectivity index is 1.53. The Hall–Kier alpha value is -3.73. The number of fused-ring (bicyclic) bond motifs is 1. The fraction of sp³-hybridized carbons (Fsp3) is 0.222. The van der Waals surface area contributed by atoms with Gasteiger partial charge in [-0.3, -0.25) is 0 Å². The van der Waals surface area contributed by atoms with Crippen molar-refractivity contribution in [3.05, 3.63) is 96.3 Å². The molecule has 0 spiro atoms. The lowest BCUT2D eigenvalue weighted by Gasteiger charge is -2.14. The molecule has 1 aromatic heterocycles. The SMILES string of the molecule is C=CCc1ccc(OCCn2c(Cc3ccc(OC)cc3)nc3ccccc32)c(OC)c1. The molecule has 0 amide bonds. The minimum atomic E-state index is 0.507. The van der Waals surface area contributed by atoms with Crippen LogP contribution in [-0.4, -0.2) is 30.4 Å². The van der Waals surface area contributed by atoms with Crippen LogP contribution in [0.2, 0.25) is 0 Å². The van der Waals surface area contributed by atoms with Gasteiger partial charge in [0.25, 0.3) is 0 Å². The quantitative estimate of drug-likeness (QED) is 0.315. The lowest BCUT2D eigenvalue weighted by Crippen LogP contribution is -2.12. The summed E-state index contributed by atoms with van der Waals surface area (Å²) in [7, 11) is 3.34. The zero-order valence-electron chi connectivity index (χ0n) is 18.6. The van der Waals surface area contributed by atoms with E-state index in [1.165, 1.54) is 5.56 Å². The molecule has 0 saturated carbocycles. The summed E-state index contributed by atoms with van der Waals surface area (Å²) in [4.78, 5) is 4.88. The molecule has 0 radical (unpaired) electrons. The predicted molar refractivity (Wildman–Crippen MR) is 128 cm³/mol. The summed E-state index contributed by atoms with van der Waals surface area (Å²) in [5.74, 6) is 3.33. The fourth-order valence-corrected chi connectivity index (χ4v) is 3.81. The molecule has 0 aliphatic heterocycles. The minimum absolute atomic E-state index is 0.507. The number of methoxy groups -OCH3 is 2. The molecule has 5 nitrogen and oxygen atoms in total. The normalized spacial score (nSPS) is 10.8. The second-order valence-corrected chi connectivity index (χ2v) is 7.52. The zero-order chi connectivity index (χ0) is 22.3. The van der Waals surface area contributed by atoms with Gasteiger partial charge in [0.1, 0.15) is 18.2 Å². The second kappa shape index (κ2) is 10.1. The average molecular weight is 429 g/mol. The van der Waals surface area contributed by atoms with Gasteiger partial charge in [-0.25, -0.2) is 4.98 Å². The van der Waals surface area contributed by atoms with Crippen LogP contribution in [0.1, 0.15) is 17.0 Å². The molecule has 0 bridgehead atoms. The van der Waals surface area contributed by atoms with Crippen molar-refractivity contribution < 1.29 is 14.2 Å². The topological polar surface area (TPSA) is 45.5 Å². The molecule has 0 unspecified atom stereocenters. The van der Waals surface area contributed by atoms with Crippen molar-refractivity contribution >= 4 is 11.0 Å². The third-order valence-electron chi connectivity index (χ3n) is 5.44. The molecule has 4 aromatic rings. The van der Waals surface area contributed by atoms with E-state index in [9.17, 15) is 0 Å². The lowest BCUT2D eigenvalue weighted by atomic mass is 10.1. The number of hydrogen-bond acceptors (Lipinski definition) is 4.